The van der Waals surface area contributed by atoms with E-state index in [1.807, 2.05) is 6.07 Å². The quantitative estimate of drug-likeness (QED) is 0.941. The van der Waals surface area contributed by atoms with Crippen LogP contribution in [0.25, 0.3) is 0 Å². The molecule has 5 heteroatoms. The number of carbonyl (C=O) groups is 2. The topological polar surface area (TPSA) is 70.8 Å². The lowest BCUT2D eigenvalue weighted by Crippen LogP contribution is -2.30. The van der Waals surface area contributed by atoms with Crippen LogP contribution in [0.3, 0.4) is 0 Å². The van der Waals surface area contributed by atoms with Crippen molar-refractivity contribution in [2.45, 2.75) is 18.9 Å². The number of likely N-dealkylation sites (tertiary alicyclic amines) is 1. The number of amides is 1. The lowest BCUT2D eigenvalue weighted by molar-refractivity contribution is 0.0697. The fourth-order valence-electron chi connectivity index (χ4n) is 2.74. The Morgan fingerprint density at radius 2 is 2.00 bits per heavy atom. The summed E-state index contributed by atoms with van der Waals surface area (Å²) < 4.78 is 5.41. The Balaban J connectivity index is 1.87. The number of nitrogens with zero attached hydrogens (tertiary/aromatic N) is 1. The van der Waals surface area contributed by atoms with Crippen LogP contribution < -0.4 is 0 Å². The van der Waals surface area contributed by atoms with E-state index in [0.29, 0.717) is 12.1 Å². The fraction of sp³-hybridized carbons (Fsp3) is 0.250. The minimum atomic E-state index is -1.03. The number of aromatic carboxylic acids is 1. The van der Waals surface area contributed by atoms with Crippen LogP contribution in [0.4, 0.5) is 0 Å². The zero-order chi connectivity index (χ0) is 14.8. The summed E-state index contributed by atoms with van der Waals surface area (Å²) in [7, 11) is 0. The van der Waals surface area contributed by atoms with Gasteiger partial charge in [0.2, 0.25) is 0 Å². The van der Waals surface area contributed by atoms with Crippen LogP contribution in [0, 0.1) is 0 Å². The van der Waals surface area contributed by atoms with Gasteiger partial charge >= 0.3 is 5.97 Å². The van der Waals surface area contributed by atoms with E-state index >= 15 is 0 Å². The first kappa shape index (κ1) is 13.4. The maximum absolute atomic E-state index is 12.6. The van der Waals surface area contributed by atoms with Gasteiger partial charge in [-0.05, 0) is 43.2 Å². The maximum atomic E-state index is 12.6. The predicted molar refractivity (Wildman–Crippen MR) is 75.1 cm³/mol. The molecule has 1 saturated heterocycles. The van der Waals surface area contributed by atoms with Gasteiger partial charge in [-0.1, -0.05) is 6.07 Å². The highest BCUT2D eigenvalue weighted by atomic mass is 16.4. The smallest absolute Gasteiger partial charge is 0.335 e. The van der Waals surface area contributed by atoms with Crippen LogP contribution in [0.2, 0.25) is 0 Å². The molecule has 0 radical (unpaired) electrons. The highest BCUT2D eigenvalue weighted by Crippen LogP contribution is 2.33. The zero-order valence-corrected chi connectivity index (χ0v) is 11.4. The van der Waals surface area contributed by atoms with Crippen molar-refractivity contribution >= 4 is 11.9 Å². The Hall–Kier alpha value is -2.56. The van der Waals surface area contributed by atoms with Crippen molar-refractivity contribution < 1.29 is 19.1 Å². The summed E-state index contributed by atoms with van der Waals surface area (Å²) in [6.07, 6.45) is 3.37. The molecule has 1 N–H and O–H groups in total. The van der Waals surface area contributed by atoms with Crippen molar-refractivity contribution in [1.82, 2.24) is 4.90 Å². The second-order valence-corrected chi connectivity index (χ2v) is 5.06. The molecule has 2 heterocycles. The summed E-state index contributed by atoms with van der Waals surface area (Å²) in [6.45, 7) is 0.654. The third kappa shape index (κ3) is 2.54. The Labute approximate surface area is 121 Å². The first-order chi connectivity index (χ1) is 10.2. The Morgan fingerprint density at radius 1 is 1.19 bits per heavy atom. The van der Waals surface area contributed by atoms with Crippen LogP contribution in [0.1, 0.15) is 45.4 Å². The van der Waals surface area contributed by atoms with Gasteiger partial charge in [0.25, 0.3) is 5.91 Å². The Bertz CT molecular complexity index is 663. The average molecular weight is 285 g/mol. The van der Waals surface area contributed by atoms with Gasteiger partial charge in [0, 0.05) is 12.1 Å². The van der Waals surface area contributed by atoms with E-state index in [1.54, 1.807) is 29.4 Å². The molecule has 1 aromatic carbocycles. The monoisotopic (exact) mass is 285 g/mol. The van der Waals surface area contributed by atoms with E-state index in [-0.39, 0.29) is 17.5 Å². The van der Waals surface area contributed by atoms with Crippen molar-refractivity contribution in [1.29, 1.82) is 0 Å². The summed E-state index contributed by atoms with van der Waals surface area (Å²) in [5.74, 6) is -0.416. The summed E-state index contributed by atoms with van der Waals surface area (Å²) in [4.78, 5) is 25.4. The maximum Gasteiger partial charge on any atom is 0.335 e. The van der Waals surface area contributed by atoms with E-state index in [1.165, 1.54) is 12.1 Å². The molecule has 0 saturated carbocycles. The van der Waals surface area contributed by atoms with Crippen LogP contribution >= 0.6 is 0 Å². The zero-order valence-electron chi connectivity index (χ0n) is 11.4. The second-order valence-electron chi connectivity index (χ2n) is 5.06. The van der Waals surface area contributed by atoms with Gasteiger partial charge in [-0.3, -0.25) is 4.79 Å². The number of hydrogen-bond acceptors (Lipinski definition) is 3. The molecule has 0 aliphatic carbocycles. The molecule has 1 atom stereocenters. The number of carboxylic acids is 1. The van der Waals surface area contributed by atoms with E-state index in [4.69, 9.17) is 9.52 Å². The molecule has 2 aromatic rings. The van der Waals surface area contributed by atoms with Gasteiger partial charge in [0.15, 0.2) is 0 Å². The van der Waals surface area contributed by atoms with Crippen molar-refractivity contribution in [3.8, 4) is 0 Å². The second kappa shape index (κ2) is 5.44. The van der Waals surface area contributed by atoms with Crippen LogP contribution in [-0.4, -0.2) is 28.4 Å². The van der Waals surface area contributed by atoms with Crippen molar-refractivity contribution in [2.75, 3.05) is 6.54 Å². The molecule has 1 amide bonds. The van der Waals surface area contributed by atoms with Crippen molar-refractivity contribution in [3.05, 3.63) is 59.5 Å². The summed E-state index contributed by atoms with van der Waals surface area (Å²) >= 11 is 0. The molecule has 1 aromatic heterocycles. The minimum Gasteiger partial charge on any atom is -0.478 e. The highest BCUT2D eigenvalue weighted by molar-refractivity contribution is 5.97. The minimum absolute atomic E-state index is 0.0685. The normalized spacial score (nSPS) is 17.9. The molecule has 5 nitrogen and oxygen atoms in total. The van der Waals surface area contributed by atoms with Gasteiger partial charge in [0.1, 0.15) is 5.76 Å². The molecular weight excluding hydrogens is 270 g/mol. The van der Waals surface area contributed by atoms with Crippen molar-refractivity contribution in [3.63, 3.8) is 0 Å². The Kier molecular flexibility index (Phi) is 3.48. The third-order valence-electron chi connectivity index (χ3n) is 3.74. The summed E-state index contributed by atoms with van der Waals surface area (Å²) in [6, 6.07) is 9.74. The van der Waals surface area contributed by atoms with Gasteiger partial charge < -0.3 is 14.4 Å². The van der Waals surface area contributed by atoms with E-state index in [0.717, 1.165) is 18.6 Å². The molecule has 0 spiro atoms. The van der Waals surface area contributed by atoms with Gasteiger partial charge in [-0.25, -0.2) is 4.79 Å². The van der Waals surface area contributed by atoms with E-state index < -0.39 is 5.97 Å². The molecule has 0 unspecified atom stereocenters. The number of furan rings is 1. The summed E-state index contributed by atoms with van der Waals surface area (Å²) in [5.41, 5.74) is 0.517. The van der Waals surface area contributed by atoms with Gasteiger partial charge in [-0.2, -0.15) is 0 Å². The highest BCUT2D eigenvalue weighted by Gasteiger charge is 2.32. The lowest BCUT2D eigenvalue weighted by atomic mass is 10.1. The number of carbonyl (C=O) groups excluding carboxylic acids is 1. The average Bonchev–Trinajstić information content (AvgIpc) is 3.17. The van der Waals surface area contributed by atoms with E-state index in [9.17, 15) is 9.59 Å². The first-order valence-corrected chi connectivity index (χ1v) is 6.84. The Morgan fingerprint density at radius 3 is 2.71 bits per heavy atom. The molecule has 1 aliphatic heterocycles. The molecule has 1 fully saturated rings. The third-order valence-corrected chi connectivity index (χ3v) is 3.74. The molecule has 21 heavy (non-hydrogen) atoms. The SMILES string of the molecule is O=C(O)c1cccc(C(=O)N2CCC[C@@H]2c2ccco2)c1. The molecule has 0 bridgehead atoms. The number of hydrogen-bond donors (Lipinski definition) is 1. The van der Waals surface area contributed by atoms with Crippen LogP contribution in [0.15, 0.2) is 47.1 Å². The molecule has 108 valence electrons. The van der Waals surface area contributed by atoms with Gasteiger partial charge in [0.05, 0.1) is 17.9 Å². The fourth-order valence-corrected chi connectivity index (χ4v) is 2.74. The number of rotatable bonds is 3. The van der Waals surface area contributed by atoms with Crippen LogP contribution in [0.5, 0.6) is 0 Å². The van der Waals surface area contributed by atoms with Gasteiger partial charge in [-0.15, -0.1) is 0 Å². The van der Waals surface area contributed by atoms with Crippen molar-refractivity contribution in [2.24, 2.45) is 0 Å². The first-order valence-electron chi connectivity index (χ1n) is 6.84. The van der Waals surface area contributed by atoms with Crippen LogP contribution in [-0.2, 0) is 0 Å². The predicted octanol–water partition coefficient (Wildman–Crippen LogP) is 2.96. The number of benzene rings is 1. The van der Waals surface area contributed by atoms with E-state index in [2.05, 4.69) is 0 Å². The molecule has 3 rings (SSSR count). The largest absolute Gasteiger partial charge is 0.478 e. The molecular formula is C16H15NO4. The standard InChI is InChI=1S/C16H15NO4/c18-15(11-4-1-5-12(10-11)16(19)20)17-8-2-6-13(17)14-7-3-9-21-14/h1,3-5,7,9-10,13H,2,6,8H2,(H,19,20)/t13-/m1/s1. The lowest BCUT2D eigenvalue weighted by Gasteiger charge is -2.23. The summed E-state index contributed by atoms with van der Waals surface area (Å²) in [5, 5.41) is 9.02. The molecule has 1 aliphatic rings. The number of carboxylic acid groups (broad SMARTS) is 1.